The molecule has 0 saturated carbocycles. The number of hydrogen-bond donors (Lipinski definition) is 1. The van der Waals surface area contributed by atoms with Gasteiger partial charge in [-0.3, -0.25) is 9.48 Å². The maximum absolute atomic E-state index is 11.9. The van der Waals surface area contributed by atoms with Gasteiger partial charge in [0.1, 0.15) is 0 Å². The second-order valence-electron chi connectivity index (χ2n) is 3.55. The lowest BCUT2D eigenvalue weighted by Gasteiger charge is -2.02. The Morgan fingerprint density at radius 3 is 2.71 bits per heavy atom. The number of aryl methyl sites for hydroxylation is 1. The summed E-state index contributed by atoms with van der Waals surface area (Å²) in [6, 6.07) is 7.21. The van der Waals surface area contributed by atoms with Crippen LogP contribution in [0.1, 0.15) is 17.3 Å². The zero-order valence-corrected chi connectivity index (χ0v) is 10.9. The van der Waals surface area contributed by atoms with E-state index in [1.54, 1.807) is 29.2 Å². The SMILES string of the molecule is CCn1cc(NC(=O)c2ccc(Br)cc2)cn1. The lowest BCUT2D eigenvalue weighted by Crippen LogP contribution is -2.11. The van der Waals surface area contributed by atoms with E-state index in [9.17, 15) is 4.79 Å². The summed E-state index contributed by atoms with van der Waals surface area (Å²) in [5.74, 6) is -0.131. The molecule has 0 atom stereocenters. The van der Waals surface area contributed by atoms with Crippen LogP contribution in [0, 0.1) is 0 Å². The Labute approximate surface area is 108 Å². The standard InChI is InChI=1S/C12H12BrN3O/c1-2-16-8-11(7-14-16)15-12(17)9-3-5-10(13)6-4-9/h3-8H,2H2,1H3,(H,15,17). The predicted molar refractivity (Wildman–Crippen MR) is 70.0 cm³/mol. The molecule has 0 aliphatic carbocycles. The number of rotatable bonds is 3. The molecule has 2 rings (SSSR count). The first-order valence-electron chi connectivity index (χ1n) is 5.28. The maximum atomic E-state index is 11.9. The van der Waals surface area contributed by atoms with Crippen molar-refractivity contribution in [2.45, 2.75) is 13.5 Å². The molecule has 1 aromatic heterocycles. The molecule has 0 radical (unpaired) electrons. The number of nitrogens with one attached hydrogen (secondary N) is 1. The lowest BCUT2D eigenvalue weighted by atomic mass is 10.2. The van der Waals surface area contributed by atoms with Gasteiger partial charge in [0.15, 0.2) is 0 Å². The van der Waals surface area contributed by atoms with Gasteiger partial charge in [-0.2, -0.15) is 5.10 Å². The first kappa shape index (κ1) is 11.9. The fraction of sp³-hybridized carbons (Fsp3) is 0.167. The zero-order valence-electron chi connectivity index (χ0n) is 9.35. The van der Waals surface area contributed by atoms with E-state index in [-0.39, 0.29) is 5.91 Å². The van der Waals surface area contributed by atoms with Crippen LogP contribution in [0.15, 0.2) is 41.1 Å². The summed E-state index contributed by atoms with van der Waals surface area (Å²) in [4.78, 5) is 11.9. The van der Waals surface area contributed by atoms with Gasteiger partial charge < -0.3 is 5.32 Å². The highest BCUT2D eigenvalue weighted by molar-refractivity contribution is 9.10. The van der Waals surface area contributed by atoms with Crippen LogP contribution < -0.4 is 5.32 Å². The van der Waals surface area contributed by atoms with Crippen molar-refractivity contribution in [3.63, 3.8) is 0 Å². The normalized spacial score (nSPS) is 10.2. The van der Waals surface area contributed by atoms with Crippen LogP contribution >= 0.6 is 15.9 Å². The molecule has 1 heterocycles. The van der Waals surface area contributed by atoms with Crippen LogP contribution in [0.5, 0.6) is 0 Å². The highest BCUT2D eigenvalue weighted by Gasteiger charge is 2.06. The molecule has 0 spiro atoms. The third-order valence-electron chi connectivity index (χ3n) is 2.32. The van der Waals surface area contributed by atoms with Crippen LogP contribution in [0.2, 0.25) is 0 Å². The van der Waals surface area contributed by atoms with Crippen LogP contribution in [-0.2, 0) is 6.54 Å². The van der Waals surface area contributed by atoms with Crippen molar-refractivity contribution in [3.8, 4) is 0 Å². The number of benzene rings is 1. The average Bonchev–Trinajstić information content (AvgIpc) is 2.77. The summed E-state index contributed by atoms with van der Waals surface area (Å²) in [6.45, 7) is 2.78. The lowest BCUT2D eigenvalue weighted by molar-refractivity contribution is 0.102. The van der Waals surface area contributed by atoms with E-state index in [2.05, 4.69) is 26.3 Å². The third kappa shape index (κ3) is 2.94. The molecule has 5 heteroatoms. The molecule has 1 N–H and O–H groups in total. The molecule has 1 aromatic carbocycles. The second-order valence-corrected chi connectivity index (χ2v) is 4.46. The van der Waals surface area contributed by atoms with Gasteiger partial charge in [-0.25, -0.2) is 0 Å². The summed E-state index contributed by atoms with van der Waals surface area (Å²) in [6.07, 6.45) is 3.44. The molecular weight excluding hydrogens is 282 g/mol. The van der Waals surface area contributed by atoms with Gasteiger partial charge in [-0.1, -0.05) is 15.9 Å². The van der Waals surface area contributed by atoms with Crippen LogP contribution in [-0.4, -0.2) is 15.7 Å². The number of nitrogens with zero attached hydrogens (tertiary/aromatic N) is 2. The van der Waals surface area contributed by atoms with E-state index in [4.69, 9.17) is 0 Å². The smallest absolute Gasteiger partial charge is 0.255 e. The molecule has 17 heavy (non-hydrogen) atoms. The predicted octanol–water partition coefficient (Wildman–Crippen LogP) is 2.92. The molecule has 0 unspecified atom stereocenters. The van der Waals surface area contributed by atoms with Crippen molar-refractivity contribution < 1.29 is 4.79 Å². The first-order chi connectivity index (χ1) is 8.19. The molecule has 0 bridgehead atoms. The van der Waals surface area contributed by atoms with E-state index in [0.29, 0.717) is 11.3 Å². The number of halogens is 1. The minimum Gasteiger partial charge on any atom is -0.319 e. The molecule has 88 valence electrons. The number of hydrogen-bond acceptors (Lipinski definition) is 2. The number of carbonyl (C=O) groups is 1. The highest BCUT2D eigenvalue weighted by atomic mass is 79.9. The number of aromatic nitrogens is 2. The topological polar surface area (TPSA) is 46.9 Å². The van der Waals surface area contributed by atoms with Crippen molar-refractivity contribution >= 4 is 27.5 Å². The fourth-order valence-corrected chi connectivity index (χ4v) is 1.67. The van der Waals surface area contributed by atoms with Gasteiger partial charge in [0.05, 0.1) is 11.9 Å². The van der Waals surface area contributed by atoms with E-state index in [1.807, 2.05) is 19.1 Å². The van der Waals surface area contributed by atoms with Gasteiger partial charge in [-0.05, 0) is 31.2 Å². The van der Waals surface area contributed by atoms with E-state index < -0.39 is 0 Å². The number of anilines is 1. The van der Waals surface area contributed by atoms with E-state index in [1.165, 1.54) is 0 Å². The summed E-state index contributed by atoms with van der Waals surface area (Å²) >= 11 is 3.33. The quantitative estimate of drug-likeness (QED) is 0.946. The Bertz CT molecular complexity index is 519. The van der Waals surface area contributed by atoms with Gasteiger partial charge in [0.25, 0.3) is 5.91 Å². The van der Waals surface area contributed by atoms with Gasteiger partial charge in [0, 0.05) is 22.8 Å². The summed E-state index contributed by atoms with van der Waals surface area (Å²) in [5.41, 5.74) is 1.33. The van der Waals surface area contributed by atoms with Crippen LogP contribution in [0.3, 0.4) is 0 Å². The molecule has 1 amide bonds. The largest absolute Gasteiger partial charge is 0.319 e. The molecule has 0 saturated heterocycles. The van der Waals surface area contributed by atoms with E-state index in [0.717, 1.165) is 11.0 Å². The van der Waals surface area contributed by atoms with Crippen LogP contribution in [0.4, 0.5) is 5.69 Å². The average molecular weight is 294 g/mol. The van der Waals surface area contributed by atoms with Crippen molar-refractivity contribution in [2.75, 3.05) is 5.32 Å². The number of carbonyl (C=O) groups excluding carboxylic acids is 1. The Hall–Kier alpha value is -1.62. The Morgan fingerprint density at radius 2 is 2.12 bits per heavy atom. The van der Waals surface area contributed by atoms with Crippen LogP contribution in [0.25, 0.3) is 0 Å². The summed E-state index contributed by atoms with van der Waals surface area (Å²) in [5, 5.41) is 6.88. The van der Waals surface area contributed by atoms with E-state index >= 15 is 0 Å². The third-order valence-corrected chi connectivity index (χ3v) is 2.85. The zero-order chi connectivity index (χ0) is 12.3. The minimum absolute atomic E-state index is 0.131. The molecular formula is C12H12BrN3O. The first-order valence-corrected chi connectivity index (χ1v) is 6.07. The molecule has 0 fully saturated rings. The second kappa shape index (κ2) is 5.14. The molecule has 2 aromatic rings. The fourth-order valence-electron chi connectivity index (χ4n) is 1.41. The molecule has 0 aliphatic heterocycles. The Kier molecular flexibility index (Phi) is 3.58. The maximum Gasteiger partial charge on any atom is 0.255 e. The van der Waals surface area contributed by atoms with Gasteiger partial charge >= 0.3 is 0 Å². The molecule has 0 aliphatic rings. The van der Waals surface area contributed by atoms with Gasteiger partial charge in [-0.15, -0.1) is 0 Å². The van der Waals surface area contributed by atoms with Crippen molar-refractivity contribution in [1.82, 2.24) is 9.78 Å². The Morgan fingerprint density at radius 1 is 1.41 bits per heavy atom. The summed E-state index contributed by atoms with van der Waals surface area (Å²) < 4.78 is 2.71. The highest BCUT2D eigenvalue weighted by Crippen LogP contribution is 2.12. The van der Waals surface area contributed by atoms with Crippen molar-refractivity contribution in [2.24, 2.45) is 0 Å². The van der Waals surface area contributed by atoms with Crippen molar-refractivity contribution in [1.29, 1.82) is 0 Å². The molecule has 4 nitrogen and oxygen atoms in total. The monoisotopic (exact) mass is 293 g/mol. The number of amides is 1. The minimum atomic E-state index is -0.131. The Balaban J connectivity index is 2.08. The van der Waals surface area contributed by atoms with Gasteiger partial charge in [0.2, 0.25) is 0 Å². The summed E-state index contributed by atoms with van der Waals surface area (Å²) in [7, 11) is 0. The van der Waals surface area contributed by atoms with Crippen molar-refractivity contribution in [3.05, 3.63) is 46.7 Å².